The maximum atomic E-state index is 12.8. The zero-order valence-corrected chi connectivity index (χ0v) is 14.2. The van der Waals surface area contributed by atoms with Crippen molar-refractivity contribution in [2.45, 2.75) is 17.7 Å². The molecule has 1 N–H and O–H groups in total. The largest absolute Gasteiger partial charge is 0.481 e. The Labute approximate surface area is 138 Å². The summed E-state index contributed by atoms with van der Waals surface area (Å²) in [6, 6.07) is 0. The Morgan fingerprint density at radius 3 is 2.38 bits per heavy atom. The average Bonchev–Trinajstić information content (AvgIpc) is 3.26. The topological polar surface area (TPSA) is 119 Å². The third-order valence-electron chi connectivity index (χ3n) is 4.91. The highest BCUT2D eigenvalue weighted by molar-refractivity contribution is 7.89. The quantitative estimate of drug-likeness (QED) is 0.724. The van der Waals surface area contributed by atoms with Crippen LogP contribution >= 0.6 is 0 Å². The van der Waals surface area contributed by atoms with Crippen molar-refractivity contribution in [1.82, 2.24) is 13.4 Å². The first-order chi connectivity index (χ1) is 11.1. The molecule has 2 aliphatic rings. The summed E-state index contributed by atoms with van der Waals surface area (Å²) in [6.07, 6.45) is 2.81. The van der Waals surface area contributed by atoms with Crippen LogP contribution in [0.5, 0.6) is 0 Å². The molecule has 1 aromatic heterocycles. The van der Waals surface area contributed by atoms with Crippen molar-refractivity contribution in [2.24, 2.45) is 31.8 Å². The molecule has 24 heavy (non-hydrogen) atoms. The number of carboxylic acid groups (broad SMARTS) is 1. The van der Waals surface area contributed by atoms with Gasteiger partial charge < -0.3 is 9.67 Å². The summed E-state index contributed by atoms with van der Waals surface area (Å²) in [5.74, 6) is -1.77. The van der Waals surface area contributed by atoms with E-state index in [2.05, 4.69) is 0 Å². The van der Waals surface area contributed by atoms with Crippen LogP contribution in [-0.4, -0.2) is 46.0 Å². The van der Waals surface area contributed by atoms with Gasteiger partial charge in [-0.05, 0) is 24.7 Å². The fraction of sp³-hybridized carbons (Fsp3) is 0.643. The Bertz CT molecular complexity index is 911. The maximum Gasteiger partial charge on any atom is 0.330 e. The average molecular weight is 357 g/mol. The number of sulfonamides is 1. The van der Waals surface area contributed by atoms with E-state index in [1.54, 1.807) is 0 Å². The molecule has 0 aromatic carbocycles. The van der Waals surface area contributed by atoms with Gasteiger partial charge in [-0.1, -0.05) is 0 Å². The number of rotatable bonds is 4. The number of carbonyl (C=O) groups is 1. The van der Waals surface area contributed by atoms with Crippen molar-refractivity contribution in [2.75, 3.05) is 13.1 Å². The van der Waals surface area contributed by atoms with Crippen molar-refractivity contribution in [3.05, 3.63) is 27.0 Å². The van der Waals surface area contributed by atoms with Crippen molar-refractivity contribution in [1.29, 1.82) is 0 Å². The number of hydrogen-bond donors (Lipinski definition) is 1. The number of aliphatic carboxylic acids is 1. The van der Waals surface area contributed by atoms with Gasteiger partial charge in [0.1, 0.15) is 0 Å². The molecule has 0 spiro atoms. The van der Waals surface area contributed by atoms with E-state index in [9.17, 15) is 27.9 Å². The Hall–Kier alpha value is -1.94. The Morgan fingerprint density at radius 1 is 1.21 bits per heavy atom. The molecule has 0 unspecified atom stereocenters. The molecule has 0 amide bonds. The van der Waals surface area contributed by atoms with Gasteiger partial charge in [-0.15, -0.1) is 0 Å². The molecule has 1 aliphatic carbocycles. The van der Waals surface area contributed by atoms with Gasteiger partial charge in [0.25, 0.3) is 5.56 Å². The lowest BCUT2D eigenvalue weighted by molar-refractivity contribution is -0.142. The molecule has 1 aromatic rings. The highest BCUT2D eigenvalue weighted by atomic mass is 32.2. The Morgan fingerprint density at radius 2 is 1.83 bits per heavy atom. The molecule has 0 radical (unpaired) electrons. The fourth-order valence-electron chi connectivity index (χ4n) is 3.34. The van der Waals surface area contributed by atoms with Crippen LogP contribution in [0.4, 0.5) is 0 Å². The first-order valence-electron chi connectivity index (χ1n) is 7.64. The van der Waals surface area contributed by atoms with Crippen LogP contribution in [0.25, 0.3) is 0 Å². The summed E-state index contributed by atoms with van der Waals surface area (Å²) in [5.41, 5.74) is -1.53. The molecule has 2 atom stereocenters. The van der Waals surface area contributed by atoms with E-state index in [0.29, 0.717) is 0 Å². The van der Waals surface area contributed by atoms with E-state index >= 15 is 0 Å². The normalized spacial score (nSPS) is 25.1. The molecule has 3 rings (SSSR count). The molecular formula is C14H19N3O6S. The molecule has 0 bridgehead atoms. The standard InChI is InChI=1S/C14H19N3O6S/c1-15-7-11(12(18)16(2)14(15)21)24(22,23)17-5-9(8-3-4-8)10(6-17)13(19)20/h7-10H,3-6H2,1-2H3,(H,19,20)/t9-,10+/m1/s1. The molecule has 1 saturated heterocycles. The van der Waals surface area contributed by atoms with Crippen LogP contribution in [0.3, 0.4) is 0 Å². The van der Waals surface area contributed by atoms with E-state index < -0.39 is 38.1 Å². The molecule has 1 saturated carbocycles. The molecule has 10 heteroatoms. The Kier molecular flexibility index (Phi) is 3.91. The van der Waals surface area contributed by atoms with Crippen LogP contribution in [0.15, 0.2) is 20.7 Å². The predicted molar refractivity (Wildman–Crippen MR) is 83.0 cm³/mol. The van der Waals surface area contributed by atoms with Gasteiger partial charge in [0, 0.05) is 33.4 Å². The number of hydrogen-bond acceptors (Lipinski definition) is 5. The Balaban J connectivity index is 2.02. The number of aryl methyl sites for hydroxylation is 1. The van der Waals surface area contributed by atoms with Crippen molar-refractivity contribution >= 4 is 16.0 Å². The summed E-state index contributed by atoms with van der Waals surface area (Å²) in [7, 11) is -1.59. The molecule has 1 aliphatic heterocycles. The number of nitrogens with zero attached hydrogens (tertiary/aromatic N) is 3. The number of aromatic nitrogens is 2. The second-order valence-corrected chi connectivity index (χ2v) is 8.43. The molecule has 132 valence electrons. The van der Waals surface area contributed by atoms with E-state index in [4.69, 9.17) is 0 Å². The van der Waals surface area contributed by atoms with Crippen LogP contribution in [0, 0.1) is 17.8 Å². The van der Waals surface area contributed by atoms with Crippen LogP contribution in [0.2, 0.25) is 0 Å². The minimum absolute atomic E-state index is 0.0932. The maximum absolute atomic E-state index is 12.8. The smallest absolute Gasteiger partial charge is 0.330 e. The minimum atomic E-state index is -4.16. The summed E-state index contributed by atoms with van der Waals surface area (Å²) in [4.78, 5) is 34.9. The van der Waals surface area contributed by atoms with Gasteiger partial charge in [-0.2, -0.15) is 4.31 Å². The summed E-state index contributed by atoms with van der Waals surface area (Å²) < 4.78 is 28.5. The van der Waals surface area contributed by atoms with Gasteiger partial charge in [0.05, 0.1) is 5.92 Å². The van der Waals surface area contributed by atoms with Gasteiger partial charge >= 0.3 is 11.7 Å². The number of carboxylic acids is 1. The first-order valence-corrected chi connectivity index (χ1v) is 9.08. The second kappa shape index (κ2) is 5.55. The van der Waals surface area contributed by atoms with Gasteiger partial charge in [-0.3, -0.25) is 14.2 Å². The lowest BCUT2D eigenvalue weighted by Gasteiger charge is -2.16. The van der Waals surface area contributed by atoms with E-state index in [1.807, 2.05) is 0 Å². The highest BCUT2D eigenvalue weighted by Crippen LogP contribution is 2.44. The predicted octanol–water partition coefficient (Wildman–Crippen LogP) is -1.18. The lowest BCUT2D eigenvalue weighted by Crippen LogP contribution is -2.42. The van der Waals surface area contributed by atoms with E-state index in [1.165, 1.54) is 14.1 Å². The van der Waals surface area contributed by atoms with Crippen LogP contribution in [0.1, 0.15) is 12.8 Å². The van der Waals surface area contributed by atoms with Crippen molar-refractivity contribution in [3.8, 4) is 0 Å². The van der Waals surface area contributed by atoms with Crippen molar-refractivity contribution < 1.29 is 18.3 Å². The van der Waals surface area contributed by atoms with Gasteiger partial charge in [0.2, 0.25) is 10.0 Å². The molecule has 9 nitrogen and oxygen atoms in total. The lowest BCUT2D eigenvalue weighted by atomic mass is 9.92. The van der Waals surface area contributed by atoms with Crippen LogP contribution in [-0.2, 0) is 28.9 Å². The van der Waals surface area contributed by atoms with E-state index in [-0.39, 0.29) is 24.9 Å². The van der Waals surface area contributed by atoms with E-state index in [0.717, 1.165) is 32.5 Å². The SMILES string of the molecule is Cn1cc(S(=O)(=O)N2C[C@H](C(=O)O)[C@@H](C3CC3)C2)c(=O)n(C)c1=O. The summed E-state index contributed by atoms with van der Waals surface area (Å²) in [5, 5.41) is 9.36. The molecule has 2 fully saturated rings. The third-order valence-corrected chi connectivity index (χ3v) is 6.72. The minimum Gasteiger partial charge on any atom is -0.481 e. The first kappa shape index (κ1) is 16.9. The summed E-state index contributed by atoms with van der Waals surface area (Å²) >= 11 is 0. The third kappa shape index (κ3) is 2.59. The second-order valence-electron chi connectivity index (χ2n) is 6.52. The monoisotopic (exact) mass is 357 g/mol. The van der Waals surface area contributed by atoms with Crippen LogP contribution < -0.4 is 11.2 Å². The summed E-state index contributed by atoms with van der Waals surface area (Å²) in [6.45, 7) is -0.0548. The molecular weight excluding hydrogens is 338 g/mol. The van der Waals surface area contributed by atoms with Gasteiger partial charge in [0.15, 0.2) is 4.90 Å². The fourth-order valence-corrected chi connectivity index (χ4v) is 4.99. The zero-order chi connectivity index (χ0) is 17.8. The van der Waals surface area contributed by atoms with Gasteiger partial charge in [-0.25, -0.2) is 13.2 Å². The molecule has 2 heterocycles. The van der Waals surface area contributed by atoms with Crippen molar-refractivity contribution in [3.63, 3.8) is 0 Å². The highest BCUT2D eigenvalue weighted by Gasteiger charge is 2.49. The zero-order valence-electron chi connectivity index (χ0n) is 13.4.